The maximum absolute atomic E-state index is 12.6. The Morgan fingerprint density at radius 3 is 2.73 bits per heavy atom. The molecule has 1 atom stereocenters. The largest absolute Gasteiger partial charge is 0.402 e. The van der Waals surface area contributed by atoms with E-state index in [4.69, 9.17) is 16.0 Å². The average Bonchev–Trinajstić information content (AvgIpc) is 3.22. The number of aromatic amines is 1. The second-order valence-corrected chi connectivity index (χ2v) is 7.56. The number of piperidine rings is 1. The van der Waals surface area contributed by atoms with Crippen LogP contribution < -0.4 is 10.9 Å². The van der Waals surface area contributed by atoms with Crippen molar-refractivity contribution < 1.29 is 9.21 Å². The first kappa shape index (κ1) is 17.1. The first-order valence-electron chi connectivity index (χ1n) is 8.74. The average molecular weight is 378 g/mol. The van der Waals surface area contributed by atoms with Gasteiger partial charge in [0.2, 0.25) is 11.5 Å². The molecule has 4 rings (SSSR count). The molecule has 1 aliphatic heterocycles. The highest BCUT2D eigenvalue weighted by Crippen LogP contribution is 2.53. The van der Waals surface area contributed by atoms with Crippen LogP contribution >= 0.6 is 11.6 Å². The Morgan fingerprint density at radius 2 is 2.04 bits per heavy atom. The third-order valence-corrected chi connectivity index (χ3v) is 5.63. The fraction of sp³-hybridized carbons (Fsp3) is 0.529. The number of nitrogens with zero attached hydrogens (tertiary/aromatic N) is 3. The zero-order valence-electron chi connectivity index (χ0n) is 14.4. The van der Waals surface area contributed by atoms with Crippen molar-refractivity contribution in [2.24, 2.45) is 5.41 Å². The number of carbonyl (C=O) groups is 1. The topological polar surface area (TPSA) is 104 Å². The van der Waals surface area contributed by atoms with Gasteiger partial charge in [-0.05, 0) is 44.1 Å². The summed E-state index contributed by atoms with van der Waals surface area (Å²) in [6.45, 7) is 3.38. The number of likely N-dealkylation sites (tertiary alicyclic amines) is 1. The molecule has 26 heavy (non-hydrogen) atoms. The van der Waals surface area contributed by atoms with Crippen LogP contribution in [0.3, 0.4) is 0 Å². The summed E-state index contributed by atoms with van der Waals surface area (Å²) >= 11 is 6.05. The molecule has 1 saturated heterocycles. The van der Waals surface area contributed by atoms with Gasteiger partial charge in [0.05, 0.1) is 5.02 Å². The Kier molecular flexibility index (Phi) is 4.22. The summed E-state index contributed by atoms with van der Waals surface area (Å²) in [4.78, 5) is 28.5. The van der Waals surface area contributed by atoms with Crippen LogP contribution in [0.2, 0.25) is 5.02 Å². The molecular formula is C17H20ClN5O3. The quantitative estimate of drug-likeness (QED) is 0.847. The summed E-state index contributed by atoms with van der Waals surface area (Å²) in [7, 11) is 0. The molecule has 1 amide bonds. The summed E-state index contributed by atoms with van der Waals surface area (Å²) in [5.74, 6) is 0.106. The van der Waals surface area contributed by atoms with Crippen molar-refractivity contribution >= 4 is 23.5 Å². The van der Waals surface area contributed by atoms with Gasteiger partial charge in [-0.3, -0.25) is 9.59 Å². The lowest BCUT2D eigenvalue weighted by atomic mass is 9.93. The lowest BCUT2D eigenvalue weighted by Crippen LogP contribution is -2.45. The minimum Gasteiger partial charge on any atom is -0.402 e. The fourth-order valence-corrected chi connectivity index (χ4v) is 3.59. The van der Waals surface area contributed by atoms with Crippen LogP contribution in [0.15, 0.2) is 21.3 Å². The van der Waals surface area contributed by atoms with E-state index in [0.717, 1.165) is 25.9 Å². The third kappa shape index (κ3) is 3.33. The Hall–Kier alpha value is -2.35. The molecule has 1 aliphatic carbocycles. The molecule has 1 spiro atoms. The third-order valence-electron chi connectivity index (χ3n) is 5.31. The van der Waals surface area contributed by atoms with Crippen LogP contribution in [0.25, 0.3) is 11.6 Å². The summed E-state index contributed by atoms with van der Waals surface area (Å²) in [6, 6.07) is 2.40. The molecule has 3 heterocycles. The van der Waals surface area contributed by atoms with E-state index in [9.17, 15) is 9.59 Å². The van der Waals surface area contributed by atoms with E-state index in [1.165, 1.54) is 25.0 Å². The van der Waals surface area contributed by atoms with Gasteiger partial charge in [-0.25, -0.2) is 0 Å². The normalized spacial score (nSPS) is 19.4. The molecule has 1 saturated carbocycles. The molecule has 0 unspecified atom stereocenters. The molecule has 0 radical (unpaired) electrons. The zero-order chi connectivity index (χ0) is 18.3. The summed E-state index contributed by atoms with van der Waals surface area (Å²) in [5, 5.41) is 11.0. The number of hydrogen-bond acceptors (Lipinski definition) is 6. The van der Waals surface area contributed by atoms with Crippen LogP contribution in [0.4, 0.5) is 6.01 Å². The van der Waals surface area contributed by atoms with Gasteiger partial charge in [-0.15, -0.1) is 5.10 Å². The SMILES string of the molecule is C[C@@H](Nc1nnc(-c2[nH]c(=O)ccc2Cl)o1)C(=O)N1CCC2(CC1)CC2. The van der Waals surface area contributed by atoms with Gasteiger partial charge in [-0.1, -0.05) is 16.7 Å². The molecule has 0 bridgehead atoms. The number of hydrogen-bond donors (Lipinski definition) is 2. The smallest absolute Gasteiger partial charge is 0.316 e. The number of carbonyl (C=O) groups excluding carboxylic acids is 1. The minimum absolute atomic E-state index is 0.0198. The van der Waals surface area contributed by atoms with E-state index in [2.05, 4.69) is 20.5 Å². The van der Waals surface area contributed by atoms with Gasteiger partial charge < -0.3 is 19.6 Å². The van der Waals surface area contributed by atoms with Gasteiger partial charge in [0.15, 0.2) is 0 Å². The van der Waals surface area contributed by atoms with Crippen LogP contribution in [-0.2, 0) is 4.79 Å². The summed E-state index contributed by atoms with van der Waals surface area (Å²) in [6.07, 6.45) is 4.79. The van der Waals surface area contributed by atoms with E-state index >= 15 is 0 Å². The molecule has 2 N–H and O–H groups in total. The molecule has 8 nitrogen and oxygen atoms in total. The van der Waals surface area contributed by atoms with E-state index in [0.29, 0.717) is 10.4 Å². The number of nitrogens with one attached hydrogen (secondary N) is 2. The van der Waals surface area contributed by atoms with Gasteiger partial charge >= 0.3 is 6.01 Å². The number of rotatable bonds is 4. The second kappa shape index (κ2) is 6.42. The first-order chi connectivity index (χ1) is 12.5. The number of amides is 1. The Morgan fingerprint density at radius 1 is 1.31 bits per heavy atom. The summed E-state index contributed by atoms with van der Waals surface area (Å²) in [5.41, 5.74) is 0.462. The van der Waals surface area contributed by atoms with Crippen molar-refractivity contribution in [1.82, 2.24) is 20.1 Å². The van der Waals surface area contributed by atoms with Gasteiger partial charge in [-0.2, -0.15) is 0 Å². The molecule has 2 aromatic rings. The predicted molar refractivity (Wildman–Crippen MR) is 95.9 cm³/mol. The molecule has 2 aliphatic rings. The Bertz CT molecular complexity index is 879. The molecule has 138 valence electrons. The van der Waals surface area contributed by atoms with Crippen molar-refractivity contribution in [3.8, 4) is 11.6 Å². The Labute approximate surface area is 154 Å². The molecule has 9 heteroatoms. The number of H-pyrrole nitrogens is 1. The van der Waals surface area contributed by atoms with Gasteiger partial charge in [0.25, 0.3) is 5.89 Å². The second-order valence-electron chi connectivity index (χ2n) is 7.15. The highest BCUT2D eigenvalue weighted by molar-refractivity contribution is 6.32. The van der Waals surface area contributed by atoms with E-state index in [1.54, 1.807) is 6.92 Å². The molecule has 2 aromatic heterocycles. The zero-order valence-corrected chi connectivity index (χ0v) is 15.2. The van der Waals surface area contributed by atoms with Crippen molar-refractivity contribution in [2.45, 2.75) is 38.6 Å². The van der Waals surface area contributed by atoms with Gasteiger partial charge in [0.1, 0.15) is 11.7 Å². The highest BCUT2D eigenvalue weighted by Gasteiger charge is 2.45. The van der Waals surface area contributed by atoms with Crippen LogP contribution in [0.1, 0.15) is 32.6 Å². The van der Waals surface area contributed by atoms with E-state index in [-0.39, 0.29) is 29.1 Å². The van der Waals surface area contributed by atoms with E-state index in [1.807, 2.05) is 4.90 Å². The minimum atomic E-state index is -0.484. The lowest BCUT2D eigenvalue weighted by molar-refractivity contribution is -0.133. The standard InChI is InChI=1S/C17H20ClN5O3/c1-10(15(25)23-8-6-17(4-5-17)7-9-23)19-16-22-21-14(26-16)13-11(18)2-3-12(24)20-13/h2-3,10H,4-9H2,1H3,(H,19,22)(H,20,24)/t10-/m1/s1. The number of pyridine rings is 1. The Balaban J connectivity index is 1.41. The fourth-order valence-electron chi connectivity index (χ4n) is 3.39. The first-order valence-corrected chi connectivity index (χ1v) is 9.12. The van der Waals surface area contributed by atoms with Crippen LogP contribution in [0.5, 0.6) is 0 Å². The van der Waals surface area contributed by atoms with E-state index < -0.39 is 6.04 Å². The maximum Gasteiger partial charge on any atom is 0.316 e. The van der Waals surface area contributed by atoms with Crippen molar-refractivity contribution in [3.63, 3.8) is 0 Å². The van der Waals surface area contributed by atoms with Gasteiger partial charge in [0, 0.05) is 19.2 Å². The maximum atomic E-state index is 12.6. The van der Waals surface area contributed by atoms with Crippen molar-refractivity contribution in [3.05, 3.63) is 27.5 Å². The number of aromatic nitrogens is 3. The molecular weight excluding hydrogens is 358 g/mol. The van der Waals surface area contributed by atoms with Crippen molar-refractivity contribution in [2.75, 3.05) is 18.4 Å². The number of halogens is 1. The predicted octanol–water partition coefficient (Wildman–Crippen LogP) is 2.28. The monoisotopic (exact) mass is 377 g/mol. The number of anilines is 1. The molecule has 2 fully saturated rings. The summed E-state index contributed by atoms with van der Waals surface area (Å²) < 4.78 is 5.50. The van der Waals surface area contributed by atoms with Crippen LogP contribution in [0, 0.1) is 5.41 Å². The van der Waals surface area contributed by atoms with Crippen LogP contribution in [-0.4, -0.2) is 45.1 Å². The molecule has 0 aromatic carbocycles. The highest BCUT2D eigenvalue weighted by atomic mass is 35.5. The lowest BCUT2D eigenvalue weighted by Gasteiger charge is -2.33. The van der Waals surface area contributed by atoms with Crippen molar-refractivity contribution in [1.29, 1.82) is 0 Å².